The summed E-state index contributed by atoms with van der Waals surface area (Å²) in [5.41, 5.74) is 5.55. The van der Waals surface area contributed by atoms with Gasteiger partial charge in [-0.25, -0.2) is 0 Å². The highest BCUT2D eigenvalue weighted by molar-refractivity contribution is 9.08. The summed E-state index contributed by atoms with van der Waals surface area (Å²) in [5.74, 6) is 0. The average Bonchev–Trinajstić information content (AvgIpc) is 1.85. The number of benzene rings is 1. The smallest absolute Gasteiger partial charge is 0.0288 e. The van der Waals surface area contributed by atoms with E-state index in [2.05, 4.69) is 48.8 Å². The average molecular weight is 213 g/mol. The predicted molar refractivity (Wildman–Crippen MR) is 53.3 cm³/mol. The lowest BCUT2D eigenvalue weighted by Crippen LogP contribution is -1.90. The Kier molecular flexibility index (Phi) is 2.72. The normalized spacial score (nSPS) is 10.2. The number of rotatable bonds is 1. The number of hydrogen-bond donors (Lipinski definition) is 0. The molecule has 1 aromatic rings. The fourth-order valence-electron chi connectivity index (χ4n) is 1.42. The van der Waals surface area contributed by atoms with Gasteiger partial charge >= 0.3 is 0 Å². The van der Waals surface area contributed by atoms with Crippen molar-refractivity contribution in [3.63, 3.8) is 0 Å². The Balaban J connectivity index is 3.25. The molecule has 0 atom stereocenters. The van der Waals surface area contributed by atoms with E-state index in [-0.39, 0.29) is 0 Å². The molecule has 0 nitrogen and oxygen atoms in total. The first-order valence-corrected chi connectivity index (χ1v) is 4.90. The third-order valence-corrected chi connectivity index (χ3v) is 2.53. The van der Waals surface area contributed by atoms with Crippen LogP contribution < -0.4 is 0 Å². The largest absolute Gasteiger partial charge is 0.0876 e. The molecule has 0 fully saturated rings. The van der Waals surface area contributed by atoms with Crippen LogP contribution in [-0.4, -0.2) is 0 Å². The Morgan fingerprint density at radius 3 is 1.91 bits per heavy atom. The minimum absolute atomic E-state index is 0.963. The van der Waals surface area contributed by atoms with Crippen molar-refractivity contribution in [1.82, 2.24) is 0 Å². The van der Waals surface area contributed by atoms with Gasteiger partial charge in [0.05, 0.1) is 0 Å². The van der Waals surface area contributed by atoms with Crippen LogP contribution in [0, 0.1) is 20.8 Å². The number of hydrogen-bond acceptors (Lipinski definition) is 0. The van der Waals surface area contributed by atoms with E-state index in [9.17, 15) is 0 Å². The minimum atomic E-state index is 0.963. The monoisotopic (exact) mass is 212 g/mol. The van der Waals surface area contributed by atoms with Crippen molar-refractivity contribution < 1.29 is 0 Å². The molecular formula is C10H13Br. The minimum Gasteiger partial charge on any atom is -0.0876 e. The lowest BCUT2D eigenvalue weighted by Gasteiger charge is -2.07. The van der Waals surface area contributed by atoms with Crippen LogP contribution in [0.3, 0.4) is 0 Å². The van der Waals surface area contributed by atoms with Gasteiger partial charge in [0.1, 0.15) is 0 Å². The lowest BCUT2D eigenvalue weighted by molar-refractivity contribution is 1.22. The summed E-state index contributed by atoms with van der Waals surface area (Å²) in [6.45, 7) is 6.46. The van der Waals surface area contributed by atoms with E-state index >= 15 is 0 Å². The topological polar surface area (TPSA) is 0 Å². The van der Waals surface area contributed by atoms with Crippen molar-refractivity contribution >= 4 is 15.9 Å². The predicted octanol–water partition coefficient (Wildman–Crippen LogP) is 3.51. The highest BCUT2D eigenvalue weighted by atomic mass is 79.9. The second-order valence-electron chi connectivity index (χ2n) is 3.01. The molecule has 0 unspecified atom stereocenters. The fraction of sp³-hybridized carbons (Fsp3) is 0.400. The summed E-state index contributed by atoms with van der Waals surface area (Å²) in [5, 5.41) is 0.963. The van der Waals surface area contributed by atoms with Crippen LogP contribution in [-0.2, 0) is 5.33 Å². The molecule has 0 aliphatic carbocycles. The summed E-state index contributed by atoms with van der Waals surface area (Å²) in [6.07, 6.45) is 0. The van der Waals surface area contributed by atoms with Crippen molar-refractivity contribution in [3.8, 4) is 0 Å². The maximum Gasteiger partial charge on any atom is 0.0288 e. The van der Waals surface area contributed by atoms with Gasteiger partial charge in [0, 0.05) is 5.33 Å². The summed E-state index contributed by atoms with van der Waals surface area (Å²) < 4.78 is 0. The molecule has 1 rings (SSSR count). The Bertz CT molecular complexity index is 241. The summed E-state index contributed by atoms with van der Waals surface area (Å²) in [7, 11) is 0. The Labute approximate surface area is 76.8 Å². The van der Waals surface area contributed by atoms with Gasteiger partial charge in [-0.1, -0.05) is 33.6 Å². The van der Waals surface area contributed by atoms with Gasteiger partial charge in [-0.05, 0) is 37.5 Å². The van der Waals surface area contributed by atoms with Crippen LogP contribution in [0.4, 0.5) is 0 Å². The van der Waals surface area contributed by atoms with Crippen molar-refractivity contribution in [3.05, 3.63) is 34.4 Å². The molecule has 0 radical (unpaired) electrons. The van der Waals surface area contributed by atoms with Crippen LogP contribution in [0.15, 0.2) is 12.1 Å². The molecule has 0 spiro atoms. The molecule has 0 saturated carbocycles. The quantitative estimate of drug-likeness (QED) is 0.626. The van der Waals surface area contributed by atoms with E-state index in [0.29, 0.717) is 0 Å². The van der Waals surface area contributed by atoms with E-state index in [1.165, 1.54) is 22.3 Å². The Hall–Kier alpha value is -0.300. The molecule has 1 aromatic carbocycles. The van der Waals surface area contributed by atoms with Crippen molar-refractivity contribution in [2.45, 2.75) is 26.1 Å². The van der Waals surface area contributed by atoms with E-state index in [1.54, 1.807) is 0 Å². The van der Waals surface area contributed by atoms with E-state index in [0.717, 1.165) is 5.33 Å². The Morgan fingerprint density at radius 2 is 1.55 bits per heavy atom. The van der Waals surface area contributed by atoms with Crippen LogP contribution in [0.25, 0.3) is 0 Å². The number of halogens is 1. The zero-order chi connectivity index (χ0) is 8.43. The highest BCUT2D eigenvalue weighted by Crippen LogP contribution is 2.18. The molecule has 0 saturated heterocycles. The molecule has 0 aliphatic heterocycles. The SMILES string of the molecule is Cc1cc(C)c(CBr)c(C)c1. The molecule has 0 heterocycles. The molecular weight excluding hydrogens is 200 g/mol. The maximum absolute atomic E-state index is 3.48. The second-order valence-corrected chi connectivity index (χ2v) is 3.57. The van der Waals surface area contributed by atoms with Gasteiger partial charge < -0.3 is 0 Å². The second kappa shape index (κ2) is 3.40. The zero-order valence-electron chi connectivity index (χ0n) is 7.24. The van der Waals surface area contributed by atoms with Crippen LogP contribution in [0.5, 0.6) is 0 Å². The summed E-state index contributed by atoms with van der Waals surface area (Å²) in [6, 6.07) is 4.45. The molecule has 0 bridgehead atoms. The van der Waals surface area contributed by atoms with E-state index in [1.807, 2.05) is 0 Å². The zero-order valence-corrected chi connectivity index (χ0v) is 8.83. The van der Waals surface area contributed by atoms with Gasteiger partial charge in [-0.3, -0.25) is 0 Å². The Morgan fingerprint density at radius 1 is 1.09 bits per heavy atom. The molecule has 60 valence electrons. The summed E-state index contributed by atoms with van der Waals surface area (Å²) in [4.78, 5) is 0. The molecule has 0 aliphatic rings. The van der Waals surface area contributed by atoms with Gasteiger partial charge in [0.2, 0.25) is 0 Å². The van der Waals surface area contributed by atoms with E-state index in [4.69, 9.17) is 0 Å². The molecule has 0 N–H and O–H groups in total. The van der Waals surface area contributed by atoms with Gasteiger partial charge in [0.15, 0.2) is 0 Å². The molecule has 0 aromatic heterocycles. The summed E-state index contributed by atoms with van der Waals surface area (Å²) >= 11 is 3.48. The number of alkyl halides is 1. The molecule has 11 heavy (non-hydrogen) atoms. The van der Waals surface area contributed by atoms with Gasteiger partial charge in [0.25, 0.3) is 0 Å². The van der Waals surface area contributed by atoms with Crippen LogP contribution in [0.1, 0.15) is 22.3 Å². The van der Waals surface area contributed by atoms with Gasteiger partial charge in [-0.2, -0.15) is 0 Å². The maximum atomic E-state index is 3.48. The fourth-order valence-corrected chi connectivity index (χ4v) is 2.31. The highest BCUT2D eigenvalue weighted by Gasteiger charge is 2.00. The van der Waals surface area contributed by atoms with Crippen LogP contribution >= 0.6 is 15.9 Å². The van der Waals surface area contributed by atoms with Crippen LogP contribution in [0.2, 0.25) is 0 Å². The third-order valence-electron chi connectivity index (χ3n) is 1.97. The van der Waals surface area contributed by atoms with E-state index < -0.39 is 0 Å². The van der Waals surface area contributed by atoms with Crippen molar-refractivity contribution in [1.29, 1.82) is 0 Å². The first-order valence-electron chi connectivity index (χ1n) is 3.78. The van der Waals surface area contributed by atoms with Crippen molar-refractivity contribution in [2.24, 2.45) is 0 Å². The first-order chi connectivity index (χ1) is 5.15. The molecule has 1 heteroatoms. The lowest BCUT2D eigenvalue weighted by atomic mass is 10.0. The van der Waals surface area contributed by atoms with Crippen molar-refractivity contribution in [2.75, 3.05) is 0 Å². The first kappa shape index (κ1) is 8.79. The molecule has 0 amide bonds. The standard InChI is InChI=1S/C10H13Br/c1-7-4-8(2)10(6-11)9(3)5-7/h4-5H,6H2,1-3H3. The van der Waals surface area contributed by atoms with Gasteiger partial charge in [-0.15, -0.1) is 0 Å². The third kappa shape index (κ3) is 1.84. The number of aryl methyl sites for hydroxylation is 3.